The van der Waals surface area contributed by atoms with Crippen LogP contribution in [-0.4, -0.2) is 0 Å². The lowest BCUT2D eigenvalue weighted by Crippen LogP contribution is -2.07. The lowest BCUT2D eigenvalue weighted by molar-refractivity contribution is 0.333. The Kier molecular flexibility index (Phi) is 85.4. The summed E-state index contributed by atoms with van der Waals surface area (Å²) in [5.41, 5.74) is 0. The Bertz CT molecular complexity index is 105. The Hall–Kier alpha value is -0.260. The van der Waals surface area contributed by atoms with Crippen LogP contribution in [-0.2, 0) is 0 Å². The van der Waals surface area contributed by atoms with Crippen molar-refractivity contribution in [1.29, 1.82) is 0 Å². The molecular formula is C22H54. The molecule has 0 N–H and O–H groups in total. The Morgan fingerprint density at radius 3 is 1.14 bits per heavy atom. The van der Waals surface area contributed by atoms with Crippen LogP contribution in [0.5, 0.6) is 0 Å². The van der Waals surface area contributed by atoms with Crippen molar-refractivity contribution >= 4 is 0 Å². The fourth-order valence-corrected chi connectivity index (χ4v) is 1.55. The van der Waals surface area contributed by atoms with E-state index in [2.05, 4.69) is 68.5 Å². The van der Waals surface area contributed by atoms with Crippen molar-refractivity contribution in [1.82, 2.24) is 0 Å². The fraction of sp³-hybridized carbons (Fsp3) is 0.909. The van der Waals surface area contributed by atoms with E-state index in [4.69, 9.17) is 0 Å². The molecule has 22 heavy (non-hydrogen) atoms. The monoisotopic (exact) mass is 318 g/mol. The van der Waals surface area contributed by atoms with Gasteiger partial charge in [-0.05, 0) is 11.8 Å². The maximum absolute atomic E-state index is 3.00. The summed E-state index contributed by atoms with van der Waals surface area (Å²) in [6.45, 7) is 27.8. The van der Waals surface area contributed by atoms with Gasteiger partial charge in [0, 0.05) is 0 Å². The molecule has 0 radical (unpaired) electrons. The third-order valence-corrected chi connectivity index (χ3v) is 2.73. The van der Waals surface area contributed by atoms with Gasteiger partial charge >= 0.3 is 0 Å². The predicted molar refractivity (Wildman–Crippen MR) is 114 cm³/mol. The summed E-state index contributed by atoms with van der Waals surface area (Å²) >= 11 is 0. The average molecular weight is 319 g/mol. The first-order chi connectivity index (χ1) is 10.0. The SMILES string of the molecule is C.C=C.CC.CCC.CCC.CCCCC(C)C(C)CCC. The van der Waals surface area contributed by atoms with Crippen LogP contribution < -0.4 is 0 Å². The van der Waals surface area contributed by atoms with Gasteiger partial charge in [0.05, 0.1) is 0 Å². The van der Waals surface area contributed by atoms with E-state index in [1.54, 1.807) is 0 Å². The van der Waals surface area contributed by atoms with Gasteiger partial charge in [0.1, 0.15) is 0 Å². The van der Waals surface area contributed by atoms with Gasteiger partial charge < -0.3 is 0 Å². The molecule has 0 saturated carbocycles. The van der Waals surface area contributed by atoms with Crippen molar-refractivity contribution in [3.05, 3.63) is 13.2 Å². The van der Waals surface area contributed by atoms with E-state index in [-0.39, 0.29) is 7.43 Å². The zero-order valence-corrected chi connectivity index (χ0v) is 17.5. The van der Waals surface area contributed by atoms with Crippen LogP contribution in [0.15, 0.2) is 13.2 Å². The van der Waals surface area contributed by atoms with Crippen LogP contribution >= 0.6 is 0 Å². The van der Waals surface area contributed by atoms with E-state index in [0.717, 1.165) is 11.8 Å². The van der Waals surface area contributed by atoms with Crippen molar-refractivity contribution in [2.75, 3.05) is 0 Å². The van der Waals surface area contributed by atoms with Crippen molar-refractivity contribution in [3.63, 3.8) is 0 Å². The summed E-state index contributed by atoms with van der Waals surface area (Å²) in [7, 11) is 0. The highest BCUT2D eigenvalue weighted by atomic mass is 14.1. The molecule has 0 heterocycles. The maximum Gasteiger partial charge on any atom is -0.0417 e. The van der Waals surface area contributed by atoms with Crippen LogP contribution in [0.2, 0.25) is 0 Å². The highest BCUT2D eigenvalue weighted by molar-refractivity contribution is 4.61. The van der Waals surface area contributed by atoms with Crippen LogP contribution in [0.3, 0.4) is 0 Å². The first-order valence-electron chi connectivity index (χ1n) is 9.55. The molecule has 0 aliphatic heterocycles. The summed E-state index contributed by atoms with van der Waals surface area (Å²) in [6.07, 6.45) is 9.44. The smallest absolute Gasteiger partial charge is 0.0417 e. The second-order valence-corrected chi connectivity index (χ2v) is 5.30. The molecule has 0 amide bonds. The summed E-state index contributed by atoms with van der Waals surface area (Å²) in [5, 5.41) is 0. The number of rotatable bonds is 6. The Morgan fingerprint density at radius 2 is 0.909 bits per heavy atom. The Labute approximate surface area is 147 Å². The Morgan fingerprint density at radius 1 is 0.636 bits per heavy atom. The summed E-state index contributed by atoms with van der Waals surface area (Å²) in [5.74, 6) is 1.88. The molecule has 0 heteroatoms. The molecule has 0 bridgehead atoms. The van der Waals surface area contributed by atoms with Crippen LogP contribution in [0.4, 0.5) is 0 Å². The molecule has 0 saturated heterocycles. The third kappa shape index (κ3) is 60.1. The number of hydrogen-bond donors (Lipinski definition) is 0. The molecule has 2 unspecified atom stereocenters. The standard InChI is InChI=1S/C11H24.2C3H8.C2H6.C2H4.CH4/c1-5-7-9-11(4)10(3)8-6-2;2*1-3-2;2*1-2;/h10-11H,5-9H2,1-4H3;2*3H2,1-2H3;1-2H3;1-2H2;1H4. The van der Waals surface area contributed by atoms with Crippen molar-refractivity contribution in [3.8, 4) is 0 Å². The first kappa shape index (κ1) is 37.7. The minimum absolute atomic E-state index is 0. The number of unbranched alkanes of at least 4 members (excludes halogenated alkanes) is 1. The molecule has 0 aromatic heterocycles. The predicted octanol–water partition coefficient (Wildman–Crippen LogP) is 9.55. The minimum atomic E-state index is 0. The van der Waals surface area contributed by atoms with Crippen molar-refractivity contribution in [2.45, 2.75) is 122 Å². The van der Waals surface area contributed by atoms with Crippen molar-refractivity contribution in [2.24, 2.45) is 11.8 Å². The van der Waals surface area contributed by atoms with Crippen molar-refractivity contribution < 1.29 is 0 Å². The van der Waals surface area contributed by atoms with Crippen LogP contribution in [0.25, 0.3) is 0 Å². The van der Waals surface area contributed by atoms with Crippen LogP contribution in [0, 0.1) is 11.8 Å². The van der Waals surface area contributed by atoms with Gasteiger partial charge in [-0.3, -0.25) is 0 Å². The minimum Gasteiger partial charge on any atom is -0.106 e. The molecule has 0 nitrogen and oxygen atoms in total. The highest BCUT2D eigenvalue weighted by Gasteiger charge is 2.09. The number of hydrogen-bond acceptors (Lipinski definition) is 0. The van der Waals surface area contributed by atoms with Gasteiger partial charge in [0.25, 0.3) is 0 Å². The molecule has 0 aliphatic rings. The van der Waals surface area contributed by atoms with E-state index in [0.29, 0.717) is 0 Å². The van der Waals surface area contributed by atoms with Gasteiger partial charge in [-0.2, -0.15) is 0 Å². The maximum atomic E-state index is 3.00. The molecule has 0 rings (SSSR count). The quantitative estimate of drug-likeness (QED) is 0.427. The largest absolute Gasteiger partial charge is 0.106 e. The molecule has 2 atom stereocenters. The molecule has 0 aliphatic carbocycles. The fourth-order valence-electron chi connectivity index (χ4n) is 1.55. The zero-order valence-electron chi connectivity index (χ0n) is 17.5. The molecular weight excluding hydrogens is 264 g/mol. The van der Waals surface area contributed by atoms with E-state index < -0.39 is 0 Å². The van der Waals surface area contributed by atoms with Gasteiger partial charge in [0.15, 0.2) is 0 Å². The molecule has 0 spiro atoms. The van der Waals surface area contributed by atoms with Gasteiger partial charge in [-0.25, -0.2) is 0 Å². The lowest BCUT2D eigenvalue weighted by atomic mass is 9.88. The average Bonchev–Trinajstić information content (AvgIpc) is 2.50. The topological polar surface area (TPSA) is 0 Å². The first-order valence-corrected chi connectivity index (χ1v) is 9.55. The molecule has 0 aromatic rings. The third-order valence-electron chi connectivity index (χ3n) is 2.73. The second-order valence-electron chi connectivity index (χ2n) is 5.30. The summed E-state index contributed by atoms with van der Waals surface area (Å²) < 4.78 is 0. The lowest BCUT2D eigenvalue weighted by Gasteiger charge is -2.18. The molecule has 0 fully saturated rings. The molecule has 142 valence electrons. The molecule has 0 aromatic carbocycles. The second kappa shape index (κ2) is 49.8. The van der Waals surface area contributed by atoms with E-state index >= 15 is 0 Å². The zero-order chi connectivity index (χ0) is 18.1. The highest BCUT2D eigenvalue weighted by Crippen LogP contribution is 2.21. The van der Waals surface area contributed by atoms with Gasteiger partial charge in [-0.15, -0.1) is 13.2 Å². The van der Waals surface area contributed by atoms with E-state index in [1.807, 2.05) is 13.8 Å². The summed E-state index contributed by atoms with van der Waals surface area (Å²) in [6, 6.07) is 0. The summed E-state index contributed by atoms with van der Waals surface area (Å²) in [4.78, 5) is 0. The van der Waals surface area contributed by atoms with Crippen LogP contribution in [0.1, 0.15) is 122 Å². The van der Waals surface area contributed by atoms with E-state index in [1.165, 1.54) is 44.9 Å². The van der Waals surface area contributed by atoms with E-state index in [9.17, 15) is 0 Å². The Balaban J connectivity index is -0.0000000488. The normalized spacial score (nSPS) is 10.3. The van der Waals surface area contributed by atoms with Gasteiger partial charge in [0.2, 0.25) is 0 Å². The van der Waals surface area contributed by atoms with Gasteiger partial charge in [-0.1, -0.05) is 122 Å².